The van der Waals surface area contributed by atoms with Crippen molar-refractivity contribution in [2.24, 2.45) is 5.92 Å². The average Bonchev–Trinajstić information content (AvgIpc) is 2.47. The van der Waals surface area contributed by atoms with Crippen molar-refractivity contribution < 1.29 is 13.2 Å². The minimum absolute atomic E-state index is 0.0896. The van der Waals surface area contributed by atoms with E-state index in [9.17, 15) is 13.2 Å². The van der Waals surface area contributed by atoms with Gasteiger partial charge in [-0.05, 0) is 18.8 Å². The highest BCUT2D eigenvalue weighted by atomic mass is 32.2. The fraction of sp³-hybridized carbons (Fsp3) is 0.909. The summed E-state index contributed by atoms with van der Waals surface area (Å²) in [5, 5.41) is 3.16. The van der Waals surface area contributed by atoms with E-state index in [-0.39, 0.29) is 17.7 Å². The predicted molar refractivity (Wildman–Crippen MR) is 67.3 cm³/mol. The zero-order valence-corrected chi connectivity index (χ0v) is 11.6. The van der Waals surface area contributed by atoms with Crippen molar-refractivity contribution in [3.63, 3.8) is 0 Å². The van der Waals surface area contributed by atoms with Crippen LogP contribution in [0.25, 0.3) is 0 Å². The second-order valence-electron chi connectivity index (χ2n) is 5.13. The summed E-state index contributed by atoms with van der Waals surface area (Å²) < 4.78 is 22.0. The van der Waals surface area contributed by atoms with E-state index in [4.69, 9.17) is 0 Å². The maximum absolute atomic E-state index is 11.9. The Morgan fingerprint density at radius 3 is 2.65 bits per heavy atom. The third kappa shape index (κ3) is 5.04. The van der Waals surface area contributed by atoms with E-state index < -0.39 is 9.84 Å². The van der Waals surface area contributed by atoms with Crippen LogP contribution in [0.4, 0.5) is 0 Å². The lowest BCUT2D eigenvalue weighted by Gasteiger charge is -2.15. The van der Waals surface area contributed by atoms with Crippen LogP contribution < -0.4 is 5.32 Å². The van der Waals surface area contributed by atoms with Gasteiger partial charge in [-0.3, -0.25) is 10.1 Å². The van der Waals surface area contributed by atoms with Gasteiger partial charge in [0.2, 0.25) is 5.91 Å². The predicted octanol–water partition coefficient (Wildman–Crippen LogP) is 0.225. The molecule has 100 valence electrons. The molecule has 0 aromatic carbocycles. The van der Waals surface area contributed by atoms with Crippen LogP contribution in [0.2, 0.25) is 0 Å². The number of rotatable bonds is 6. The number of carbonyl (C=O) groups excluding carboxylic acids is 1. The fourth-order valence-corrected chi connectivity index (χ4v) is 2.62. The second-order valence-corrected chi connectivity index (χ2v) is 7.39. The van der Waals surface area contributed by atoms with E-state index in [1.807, 2.05) is 0 Å². The number of nitrogens with one attached hydrogen (secondary N) is 1. The molecule has 0 bridgehead atoms. The average molecular weight is 262 g/mol. The first kappa shape index (κ1) is 14.4. The summed E-state index contributed by atoms with van der Waals surface area (Å²) in [6, 6.07) is -0.0896. The van der Waals surface area contributed by atoms with Gasteiger partial charge < -0.3 is 4.90 Å². The minimum atomic E-state index is -2.92. The molecule has 17 heavy (non-hydrogen) atoms. The summed E-state index contributed by atoms with van der Waals surface area (Å²) in [6.07, 6.45) is 2.57. The van der Waals surface area contributed by atoms with Gasteiger partial charge in [-0.15, -0.1) is 0 Å². The molecule has 0 aromatic heterocycles. The van der Waals surface area contributed by atoms with Crippen LogP contribution in [0.3, 0.4) is 0 Å². The molecular formula is C11H22N2O3S. The lowest BCUT2D eigenvalue weighted by molar-refractivity contribution is -0.129. The Balaban J connectivity index is 2.35. The SMILES string of the molecule is CC(C)CC1NCN(CCCS(C)(=O)=O)C1=O. The lowest BCUT2D eigenvalue weighted by atomic mass is 10.0. The molecule has 1 atom stereocenters. The summed E-state index contributed by atoms with van der Waals surface area (Å²) in [5.41, 5.74) is 0. The van der Waals surface area contributed by atoms with Crippen molar-refractivity contribution in [3.8, 4) is 0 Å². The Morgan fingerprint density at radius 1 is 1.47 bits per heavy atom. The Bertz CT molecular complexity index is 365. The van der Waals surface area contributed by atoms with Crippen LogP contribution >= 0.6 is 0 Å². The maximum Gasteiger partial charge on any atom is 0.240 e. The molecule has 1 saturated heterocycles. The van der Waals surface area contributed by atoms with Crippen LogP contribution in [-0.2, 0) is 14.6 Å². The van der Waals surface area contributed by atoms with Gasteiger partial charge >= 0.3 is 0 Å². The highest BCUT2D eigenvalue weighted by molar-refractivity contribution is 7.90. The number of hydrogen-bond donors (Lipinski definition) is 1. The lowest BCUT2D eigenvalue weighted by Crippen LogP contribution is -2.32. The fourth-order valence-electron chi connectivity index (χ4n) is 1.97. The molecule has 5 nitrogen and oxygen atoms in total. The normalized spacial score (nSPS) is 21.5. The van der Waals surface area contributed by atoms with E-state index in [2.05, 4.69) is 19.2 Å². The molecule has 1 fully saturated rings. The van der Waals surface area contributed by atoms with E-state index in [0.29, 0.717) is 25.6 Å². The molecule has 1 aliphatic heterocycles. The second kappa shape index (κ2) is 5.82. The van der Waals surface area contributed by atoms with E-state index in [1.54, 1.807) is 4.90 Å². The minimum Gasteiger partial charge on any atom is -0.329 e. The zero-order valence-electron chi connectivity index (χ0n) is 10.8. The third-order valence-corrected chi connectivity index (χ3v) is 3.82. The van der Waals surface area contributed by atoms with Gasteiger partial charge in [0.15, 0.2) is 0 Å². The van der Waals surface area contributed by atoms with Gasteiger partial charge in [0, 0.05) is 12.8 Å². The van der Waals surface area contributed by atoms with Gasteiger partial charge in [-0.25, -0.2) is 8.42 Å². The Morgan fingerprint density at radius 2 is 2.12 bits per heavy atom. The Kier molecular flexibility index (Phi) is 4.94. The largest absolute Gasteiger partial charge is 0.329 e. The molecule has 1 heterocycles. The number of carbonyl (C=O) groups is 1. The van der Waals surface area contributed by atoms with Gasteiger partial charge in [-0.2, -0.15) is 0 Å². The smallest absolute Gasteiger partial charge is 0.240 e. The standard InChI is InChI=1S/C11H22N2O3S/c1-9(2)7-10-11(14)13(8-12-10)5-4-6-17(3,15)16/h9-10,12H,4-8H2,1-3H3. The number of sulfone groups is 1. The first-order valence-corrected chi connectivity index (χ1v) is 8.05. The third-order valence-electron chi connectivity index (χ3n) is 2.79. The van der Waals surface area contributed by atoms with Gasteiger partial charge in [-0.1, -0.05) is 13.8 Å². The molecule has 0 spiro atoms. The first-order valence-electron chi connectivity index (χ1n) is 5.99. The van der Waals surface area contributed by atoms with Crippen LogP contribution in [0.1, 0.15) is 26.7 Å². The Hall–Kier alpha value is -0.620. The van der Waals surface area contributed by atoms with Crippen LogP contribution in [0.15, 0.2) is 0 Å². The quantitative estimate of drug-likeness (QED) is 0.744. The van der Waals surface area contributed by atoms with Crippen LogP contribution in [0.5, 0.6) is 0 Å². The summed E-state index contributed by atoms with van der Waals surface area (Å²) in [6.45, 7) is 5.23. The number of amides is 1. The highest BCUT2D eigenvalue weighted by Gasteiger charge is 2.30. The van der Waals surface area contributed by atoms with Crippen molar-refractivity contribution in [1.29, 1.82) is 0 Å². The molecule has 1 rings (SSSR count). The number of nitrogens with zero attached hydrogens (tertiary/aromatic N) is 1. The van der Waals surface area contributed by atoms with Crippen LogP contribution in [-0.4, -0.2) is 50.5 Å². The monoisotopic (exact) mass is 262 g/mol. The molecule has 1 N–H and O–H groups in total. The molecule has 1 aliphatic rings. The van der Waals surface area contributed by atoms with Gasteiger partial charge in [0.05, 0.1) is 18.5 Å². The van der Waals surface area contributed by atoms with Crippen LogP contribution in [0, 0.1) is 5.92 Å². The van der Waals surface area contributed by atoms with Crippen molar-refractivity contribution in [3.05, 3.63) is 0 Å². The first-order chi connectivity index (χ1) is 7.79. The molecule has 1 unspecified atom stereocenters. The maximum atomic E-state index is 11.9. The van der Waals surface area contributed by atoms with Crippen molar-refractivity contribution >= 4 is 15.7 Å². The van der Waals surface area contributed by atoms with Crippen molar-refractivity contribution in [2.45, 2.75) is 32.7 Å². The summed E-state index contributed by atoms with van der Waals surface area (Å²) in [5.74, 6) is 0.727. The van der Waals surface area contributed by atoms with E-state index in [1.165, 1.54) is 6.26 Å². The Labute approximate surface area is 103 Å². The van der Waals surface area contributed by atoms with Gasteiger partial charge in [0.25, 0.3) is 0 Å². The van der Waals surface area contributed by atoms with Crippen molar-refractivity contribution in [1.82, 2.24) is 10.2 Å². The molecule has 0 aromatic rings. The topological polar surface area (TPSA) is 66.5 Å². The van der Waals surface area contributed by atoms with E-state index >= 15 is 0 Å². The molecular weight excluding hydrogens is 240 g/mol. The highest BCUT2D eigenvalue weighted by Crippen LogP contribution is 2.12. The summed E-state index contributed by atoms with van der Waals surface area (Å²) in [4.78, 5) is 13.6. The van der Waals surface area contributed by atoms with E-state index in [0.717, 1.165) is 6.42 Å². The molecule has 0 radical (unpaired) electrons. The summed E-state index contributed by atoms with van der Waals surface area (Å²) in [7, 11) is -2.92. The van der Waals surface area contributed by atoms with Crippen molar-refractivity contribution in [2.75, 3.05) is 25.2 Å². The molecule has 0 saturated carbocycles. The molecule has 1 amide bonds. The zero-order chi connectivity index (χ0) is 13.1. The van der Waals surface area contributed by atoms with Gasteiger partial charge in [0.1, 0.15) is 9.84 Å². The number of hydrogen-bond acceptors (Lipinski definition) is 4. The summed E-state index contributed by atoms with van der Waals surface area (Å²) >= 11 is 0. The molecule has 6 heteroatoms. The molecule has 0 aliphatic carbocycles.